The Morgan fingerprint density at radius 2 is 1.93 bits per heavy atom. The molecule has 29 heavy (non-hydrogen) atoms. The zero-order chi connectivity index (χ0) is 19.8. The van der Waals surface area contributed by atoms with Crippen molar-refractivity contribution in [1.29, 1.82) is 0 Å². The minimum atomic E-state index is 0.728. The number of likely N-dealkylation sites (tertiary alicyclic amines) is 1. The van der Waals surface area contributed by atoms with Crippen LogP contribution < -0.4 is 0 Å². The Hall–Kier alpha value is -2.43. The van der Waals surface area contributed by atoms with Gasteiger partial charge in [-0.1, -0.05) is 17.7 Å². The van der Waals surface area contributed by atoms with Gasteiger partial charge in [0.2, 0.25) is 0 Å². The first-order valence-corrected chi connectivity index (χ1v) is 10.8. The SMILES string of the molecule is Cc1ccc2c(c1)c1c(n2C=Cc2ccccn2)CCN(C2CCN(C)CC2)C1. The van der Waals surface area contributed by atoms with Crippen LogP contribution in [-0.4, -0.2) is 52.1 Å². The first-order valence-electron chi connectivity index (χ1n) is 10.8. The van der Waals surface area contributed by atoms with E-state index < -0.39 is 0 Å². The van der Waals surface area contributed by atoms with Crippen LogP contribution in [0.15, 0.2) is 42.6 Å². The van der Waals surface area contributed by atoms with Crippen molar-refractivity contribution in [3.05, 3.63) is 65.1 Å². The summed E-state index contributed by atoms with van der Waals surface area (Å²) in [5.74, 6) is 0. The lowest BCUT2D eigenvalue weighted by Crippen LogP contribution is -2.45. The van der Waals surface area contributed by atoms with Gasteiger partial charge in [-0.3, -0.25) is 9.88 Å². The van der Waals surface area contributed by atoms with Crippen molar-refractivity contribution in [2.24, 2.45) is 0 Å². The van der Waals surface area contributed by atoms with E-state index in [1.54, 1.807) is 0 Å². The zero-order valence-corrected chi connectivity index (χ0v) is 17.5. The Kier molecular flexibility index (Phi) is 4.98. The molecule has 2 aliphatic heterocycles. The molecule has 150 valence electrons. The van der Waals surface area contributed by atoms with Crippen molar-refractivity contribution >= 4 is 23.2 Å². The fourth-order valence-corrected chi connectivity index (χ4v) is 4.99. The maximum absolute atomic E-state index is 4.45. The number of piperidine rings is 1. The van der Waals surface area contributed by atoms with Crippen molar-refractivity contribution < 1.29 is 0 Å². The zero-order valence-electron chi connectivity index (χ0n) is 17.5. The molecule has 0 N–H and O–H groups in total. The van der Waals surface area contributed by atoms with E-state index in [0.29, 0.717) is 0 Å². The second kappa shape index (κ2) is 7.77. The molecule has 1 saturated heterocycles. The summed E-state index contributed by atoms with van der Waals surface area (Å²) in [4.78, 5) is 9.65. The topological polar surface area (TPSA) is 24.3 Å². The minimum Gasteiger partial charge on any atom is -0.320 e. The van der Waals surface area contributed by atoms with E-state index in [-0.39, 0.29) is 0 Å². The van der Waals surface area contributed by atoms with Crippen LogP contribution in [0.1, 0.15) is 35.4 Å². The summed E-state index contributed by atoms with van der Waals surface area (Å²) >= 11 is 0. The van der Waals surface area contributed by atoms with Crippen LogP contribution in [-0.2, 0) is 13.0 Å². The van der Waals surface area contributed by atoms with Crippen LogP contribution in [0.25, 0.3) is 23.2 Å². The molecule has 3 aromatic rings. The first-order chi connectivity index (χ1) is 14.2. The van der Waals surface area contributed by atoms with Gasteiger partial charge in [-0.2, -0.15) is 0 Å². The van der Waals surface area contributed by atoms with Gasteiger partial charge in [0, 0.05) is 49.0 Å². The second-order valence-corrected chi connectivity index (χ2v) is 8.64. The molecular formula is C25H30N4. The highest BCUT2D eigenvalue weighted by Crippen LogP contribution is 2.34. The van der Waals surface area contributed by atoms with E-state index in [2.05, 4.69) is 69.9 Å². The van der Waals surface area contributed by atoms with Crippen LogP contribution in [0, 0.1) is 6.92 Å². The molecule has 4 nitrogen and oxygen atoms in total. The number of aromatic nitrogens is 2. The first kappa shape index (κ1) is 18.6. The number of benzene rings is 1. The molecule has 2 aromatic heterocycles. The van der Waals surface area contributed by atoms with Crippen LogP contribution in [0.3, 0.4) is 0 Å². The van der Waals surface area contributed by atoms with Gasteiger partial charge in [-0.25, -0.2) is 0 Å². The number of aryl methyl sites for hydroxylation is 1. The van der Waals surface area contributed by atoms with Gasteiger partial charge in [0.05, 0.1) is 11.2 Å². The summed E-state index contributed by atoms with van der Waals surface area (Å²) < 4.78 is 2.41. The van der Waals surface area contributed by atoms with Crippen molar-refractivity contribution in [3.8, 4) is 0 Å². The molecule has 0 bridgehead atoms. The maximum atomic E-state index is 4.45. The average Bonchev–Trinajstić information content (AvgIpc) is 3.06. The lowest BCUT2D eigenvalue weighted by molar-refractivity contribution is 0.109. The fraction of sp³-hybridized carbons (Fsp3) is 0.400. The molecule has 1 fully saturated rings. The standard InChI is InChI=1S/C25H30N4/c1-19-6-7-24-22(17-19)23-18-28(21-9-13-27(2)14-10-21)15-11-25(23)29(24)16-8-20-5-3-4-12-26-20/h3-8,12,16-17,21H,9-11,13-15,18H2,1-2H3. The van der Waals surface area contributed by atoms with Gasteiger partial charge in [0.15, 0.2) is 0 Å². The van der Waals surface area contributed by atoms with E-state index in [9.17, 15) is 0 Å². The number of fused-ring (bicyclic) bond motifs is 3. The minimum absolute atomic E-state index is 0.728. The predicted octanol–water partition coefficient (Wildman–Crippen LogP) is 4.42. The Bertz CT molecular complexity index is 1030. The summed E-state index contributed by atoms with van der Waals surface area (Å²) in [5, 5.41) is 1.42. The average molecular weight is 387 g/mol. The van der Waals surface area contributed by atoms with E-state index in [0.717, 1.165) is 31.2 Å². The quantitative estimate of drug-likeness (QED) is 0.666. The maximum Gasteiger partial charge on any atom is 0.0644 e. The van der Waals surface area contributed by atoms with Gasteiger partial charge in [-0.15, -0.1) is 0 Å². The third kappa shape index (κ3) is 3.63. The van der Waals surface area contributed by atoms with Gasteiger partial charge in [0.25, 0.3) is 0 Å². The molecule has 0 radical (unpaired) electrons. The lowest BCUT2D eigenvalue weighted by atomic mass is 9.97. The molecule has 4 heteroatoms. The largest absolute Gasteiger partial charge is 0.320 e. The molecule has 2 aliphatic rings. The van der Waals surface area contributed by atoms with E-state index in [1.165, 1.54) is 53.7 Å². The molecule has 0 atom stereocenters. The monoisotopic (exact) mass is 386 g/mol. The Balaban J connectivity index is 1.51. The van der Waals surface area contributed by atoms with E-state index in [4.69, 9.17) is 0 Å². The molecule has 1 aromatic carbocycles. The van der Waals surface area contributed by atoms with E-state index in [1.807, 2.05) is 18.3 Å². The Labute approximate surface area is 173 Å². The van der Waals surface area contributed by atoms with Crippen LogP contribution in [0.2, 0.25) is 0 Å². The summed E-state index contributed by atoms with van der Waals surface area (Å²) in [7, 11) is 2.24. The van der Waals surface area contributed by atoms with Crippen LogP contribution in [0.5, 0.6) is 0 Å². The third-order valence-electron chi connectivity index (χ3n) is 6.66. The summed E-state index contributed by atoms with van der Waals surface area (Å²) in [5.41, 5.74) is 6.65. The van der Waals surface area contributed by atoms with Gasteiger partial charge >= 0.3 is 0 Å². The van der Waals surface area contributed by atoms with Crippen molar-refractivity contribution in [2.45, 2.75) is 38.8 Å². The molecule has 0 unspecified atom stereocenters. The van der Waals surface area contributed by atoms with Crippen molar-refractivity contribution in [3.63, 3.8) is 0 Å². The highest BCUT2D eigenvalue weighted by molar-refractivity contribution is 5.89. The number of hydrogen-bond acceptors (Lipinski definition) is 3. The Morgan fingerprint density at radius 1 is 1.07 bits per heavy atom. The normalized spacial score (nSPS) is 19.2. The highest BCUT2D eigenvalue weighted by atomic mass is 15.2. The summed E-state index contributed by atoms with van der Waals surface area (Å²) in [6.07, 6.45) is 9.90. The van der Waals surface area contributed by atoms with Crippen LogP contribution in [0.4, 0.5) is 0 Å². The Morgan fingerprint density at radius 3 is 2.72 bits per heavy atom. The van der Waals surface area contributed by atoms with Crippen LogP contribution >= 0.6 is 0 Å². The molecule has 0 spiro atoms. The molecule has 0 aliphatic carbocycles. The third-order valence-corrected chi connectivity index (χ3v) is 6.66. The second-order valence-electron chi connectivity index (χ2n) is 8.64. The predicted molar refractivity (Wildman–Crippen MR) is 121 cm³/mol. The van der Waals surface area contributed by atoms with Gasteiger partial charge in [0.1, 0.15) is 0 Å². The van der Waals surface area contributed by atoms with Crippen molar-refractivity contribution in [1.82, 2.24) is 19.4 Å². The highest BCUT2D eigenvalue weighted by Gasteiger charge is 2.29. The smallest absolute Gasteiger partial charge is 0.0644 e. The summed E-state index contributed by atoms with van der Waals surface area (Å²) in [6.45, 7) is 6.89. The molecule has 5 rings (SSSR count). The van der Waals surface area contributed by atoms with Gasteiger partial charge in [-0.05, 0) is 75.8 Å². The molecule has 4 heterocycles. The number of hydrogen-bond donors (Lipinski definition) is 0. The number of nitrogens with zero attached hydrogens (tertiary/aromatic N) is 4. The summed E-state index contributed by atoms with van der Waals surface area (Å²) in [6, 6.07) is 13.7. The number of rotatable bonds is 3. The molecule has 0 amide bonds. The lowest BCUT2D eigenvalue weighted by Gasteiger charge is -2.39. The number of pyridine rings is 1. The fourth-order valence-electron chi connectivity index (χ4n) is 4.99. The molecule has 0 saturated carbocycles. The molecular weight excluding hydrogens is 356 g/mol. The van der Waals surface area contributed by atoms with Crippen molar-refractivity contribution in [2.75, 3.05) is 26.7 Å². The van der Waals surface area contributed by atoms with E-state index >= 15 is 0 Å². The van der Waals surface area contributed by atoms with Gasteiger partial charge < -0.3 is 9.47 Å².